The molecule has 3 rings (SSSR count). The fourth-order valence-corrected chi connectivity index (χ4v) is 4.84. The molecule has 5 nitrogen and oxygen atoms in total. The van der Waals surface area contributed by atoms with E-state index in [1.807, 2.05) is 0 Å². The molecule has 0 aromatic carbocycles. The van der Waals surface area contributed by atoms with Crippen molar-refractivity contribution in [3.05, 3.63) is 10.6 Å². The molecule has 26 heavy (non-hydrogen) atoms. The van der Waals surface area contributed by atoms with E-state index in [2.05, 4.69) is 15.2 Å². The van der Waals surface area contributed by atoms with Crippen molar-refractivity contribution in [1.82, 2.24) is 15.2 Å². The molecule has 0 bridgehead atoms. The molecule has 2 aliphatic rings. The van der Waals surface area contributed by atoms with Crippen molar-refractivity contribution in [2.45, 2.75) is 57.4 Å². The van der Waals surface area contributed by atoms with Gasteiger partial charge in [-0.05, 0) is 51.0 Å². The summed E-state index contributed by atoms with van der Waals surface area (Å²) in [4.78, 5) is 18.6. The summed E-state index contributed by atoms with van der Waals surface area (Å²) in [6.45, 7) is 2.47. The van der Waals surface area contributed by atoms with Crippen molar-refractivity contribution in [2.75, 3.05) is 26.2 Å². The Hall–Kier alpha value is -1.28. The van der Waals surface area contributed by atoms with Gasteiger partial charge in [0.2, 0.25) is 6.41 Å². The van der Waals surface area contributed by atoms with E-state index < -0.39 is 13.0 Å². The third-order valence-corrected chi connectivity index (χ3v) is 6.49. The molecule has 1 aromatic heterocycles. The van der Waals surface area contributed by atoms with Crippen molar-refractivity contribution < 1.29 is 18.3 Å². The predicted molar refractivity (Wildman–Crippen MR) is 97.0 cm³/mol. The number of halogens is 2. The summed E-state index contributed by atoms with van der Waals surface area (Å²) in [6.07, 6.45) is 5.91. The van der Waals surface area contributed by atoms with Gasteiger partial charge in [-0.3, -0.25) is 4.79 Å². The van der Waals surface area contributed by atoms with Crippen molar-refractivity contribution in [3.8, 4) is 5.19 Å². The van der Waals surface area contributed by atoms with Crippen LogP contribution in [0.4, 0.5) is 8.78 Å². The molecular weight excluding hydrogens is 360 g/mol. The summed E-state index contributed by atoms with van der Waals surface area (Å²) in [5.41, 5.74) is 1.02. The number of hydrogen-bond acceptors (Lipinski definition) is 5. The molecule has 2 heterocycles. The zero-order valence-corrected chi connectivity index (χ0v) is 15.8. The number of aromatic nitrogens is 1. The second-order valence-corrected chi connectivity index (χ2v) is 8.23. The van der Waals surface area contributed by atoms with E-state index in [-0.39, 0.29) is 0 Å². The molecule has 1 aliphatic carbocycles. The summed E-state index contributed by atoms with van der Waals surface area (Å²) in [5.74, 6) is 0.754. The van der Waals surface area contributed by atoms with E-state index >= 15 is 0 Å². The third kappa shape index (κ3) is 5.61. The molecule has 0 radical (unpaired) electrons. The van der Waals surface area contributed by atoms with Gasteiger partial charge in [-0.1, -0.05) is 11.3 Å². The lowest BCUT2D eigenvalue weighted by molar-refractivity contribution is -0.110. The Morgan fingerprint density at radius 1 is 1.27 bits per heavy atom. The van der Waals surface area contributed by atoms with Gasteiger partial charge in [0.25, 0.3) is 11.6 Å². The standard InChI is InChI=1S/C18H27F2N3O2S/c19-17(20)11-25-18-22-15-6-9-23(10-7-16(15)26-18)8-5-13-1-3-14(4-2-13)21-12-24/h12-14,17H,1-11H2,(H,21,24). The molecule has 0 saturated heterocycles. The lowest BCUT2D eigenvalue weighted by Crippen LogP contribution is -2.34. The van der Waals surface area contributed by atoms with Gasteiger partial charge in [0, 0.05) is 30.4 Å². The smallest absolute Gasteiger partial charge is 0.273 e. The first kappa shape index (κ1) is 19.5. The number of fused-ring (bicyclic) bond motifs is 1. The fourth-order valence-electron chi connectivity index (χ4n) is 3.88. The number of nitrogens with zero attached hydrogens (tertiary/aromatic N) is 2. The van der Waals surface area contributed by atoms with Gasteiger partial charge in [0.05, 0.1) is 5.69 Å². The Balaban J connectivity index is 1.39. The lowest BCUT2D eigenvalue weighted by Gasteiger charge is -2.30. The molecular formula is C18H27F2N3O2S. The van der Waals surface area contributed by atoms with Gasteiger partial charge in [0.1, 0.15) is 0 Å². The van der Waals surface area contributed by atoms with Crippen LogP contribution in [0.15, 0.2) is 0 Å². The largest absolute Gasteiger partial charge is 0.464 e. The average molecular weight is 387 g/mol. The fraction of sp³-hybridized carbons (Fsp3) is 0.778. The van der Waals surface area contributed by atoms with Gasteiger partial charge in [-0.15, -0.1) is 0 Å². The molecule has 1 N–H and O–H groups in total. The average Bonchev–Trinajstić information content (AvgIpc) is 2.93. The number of ether oxygens (including phenoxy) is 1. The molecule has 0 spiro atoms. The Kier molecular flexibility index (Phi) is 7.19. The van der Waals surface area contributed by atoms with Crippen LogP contribution in [-0.4, -0.2) is 55.0 Å². The molecule has 8 heteroatoms. The van der Waals surface area contributed by atoms with E-state index in [9.17, 15) is 13.6 Å². The minimum absolute atomic E-state index is 0.366. The summed E-state index contributed by atoms with van der Waals surface area (Å²) in [5, 5.41) is 3.28. The van der Waals surface area contributed by atoms with Crippen LogP contribution in [0.5, 0.6) is 5.19 Å². The quantitative estimate of drug-likeness (QED) is 0.697. The normalized spacial score (nSPS) is 24.1. The molecule has 146 valence electrons. The Bertz CT molecular complexity index is 551. The summed E-state index contributed by atoms with van der Waals surface area (Å²) in [6, 6.07) is 0.366. The van der Waals surface area contributed by atoms with Crippen LogP contribution in [0.3, 0.4) is 0 Å². The molecule has 1 amide bonds. The van der Waals surface area contributed by atoms with Gasteiger partial charge in [-0.2, -0.15) is 0 Å². The molecule has 1 aromatic rings. The number of thiazole rings is 1. The minimum atomic E-state index is -2.46. The third-order valence-electron chi connectivity index (χ3n) is 5.42. The Morgan fingerprint density at radius 2 is 2.04 bits per heavy atom. The van der Waals surface area contributed by atoms with Crippen LogP contribution >= 0.6 is 11.3 Å². The number of nitrogens with one attached hydrogen (secondary N) is 1. The SMILES string of the molecule is O=CNC1CCC(CCN2CCc3nc(OCC(F)F)sc3CC2)CC1. The number of carbonyl (C=O) groups is 1. The van der Waals surface area contributed by atoms with Gasteiger partial charge in [0.15, 0.2) is 6.61 Å². The van der Waals surface area contributed by atoms with Gasteiger partial charge < -0.3 is 15.0 Å². The maximum absolute atomic E-state index is 12.2. The number of alkyl halides is 2. The van der Waals surface area contributed by atoms with E-state index in [0.29, 0.717) is 11.2 Å². The minimum Gasteiger partial charge on any atom is -0.464 e. The zero-order chi connectivity index (χ0) is 18.4. The van der Waals surface area contributed by atoms with Crippen molar-refractivity contribution in [2.24, 2.45) is 5.92 Å². The van der Waals surface area contributed by atoms with Crippen LogP contribution in [-0.2, 0) is 17.6 Å². The van der Waals surface area contributed by atoms with Crippen LogP contribution in [0, 0.1) is 5.92 Å². The van der Waals surface area contributed by atoms with Crippen molar-refractivity contribution in [3.63, 3.8) is 0 Å². The first-order chi connectivity index (χ1) is 12.6. The highest BCUT2D eigenvalue weighted by Gasteiger charge is 2.23. The monoisotopic (exact) mass is 387 g/mol. The maximum Gasteiger partial charge on any atom is 0.273 e. The highest BCUT2D eigenvalue weighted by molar-refractivity contribution is 7.13. The second-order valence-electron chi connectivity index (χ2n) is 7.18. The van der Waals surface area contributed by atoms with Crippen molar-refractivity contribution in [1.29, 1.82) is 0 Å². The molecule has 1 aliphatic heterocycles. The molecule has 0 unspecified atom stereocenters. The first-order valence-corrected chi connectivity index (χ1v) is 10.3. The highest BCUT2D eigenvalue weighted by atomic mass is 32.1. The number of rotatable bonds is 8. The van der Waals surface area contributed by atoms with E-state index in [1.54, 1.807) is 0 Å². The second kappa shape index (κ2) is 9.60. The molecule has 1 saturated carbocycles. The number of amides is 1. The van der Waals surface area contributed by atoms with Crippen LogP contribution in [0.1, 0.15) is 42.7 Å². The topological polar surface area (TPSA) is 54.5 Å². The molecule has 0 atom stereocenters. The first-order valence-electron chi connectivity index (χ1n) is 9.45. The van der Waals surface area contributed by atoms with E-state index in [1.165, 1.54) is 35.5 Å². The Morgan fingerprint density at radius 3 is 2.77 bits per heavy atom. The summed E-state index contributed by atoms with van der Waals surface area (Å²) < 4.78 is 29.5. The predicted octanol–water partition coefficient (Wildman–Crippen LogP) is 2.88. The van der Waals surface area contributed by atoms with E-state index in [0.717, 1.165) is 63.3 Å². The van der Waals surface area contributed by atoms with Crippen LogP contribution in [0.2, 0.25) is 0 Å². The number of carbonyl (C=O) groups excluding carboxylic acids is 1. The van der Waals surface area contributed by atoms with Crippen molar-refractivity contribution >= 4 is 17.7 Å². The Labute approximate surface area is 157 Å². The highest BCUT2D eigenvalue weighted by Crippen LogP contribution is 2.30. The van der Waals surface area contributed by atoms with Crippen LogP contribution < -0.4 is 10.1 Å². The zero-order valence-electron chi connectivity index (χ0n) is 15.0. The summed E-state index contributed by atoms with van der Waals surface area (Å²) >= 11 is 1.41. The van der Waals surface area contributed by atoms with Gasteiger partial charge >= 0.3 is 0 Å². The maximum atomic E-state index is 12.2. The summed E-state index contributed by atoms with van der Waals surface area (Å²) in [7, 11) is 0. The van der Waals surface area contributed by atoms with Crippen LogP contribution in [0.25, 0.3) is 0 Å². The molecule has 1 fully saturated rings. The van der Waals surface area contributed by atoms with E-state index in [4.69, 9.17) is 4.74 Å². The van der Waals surface area contributed by atoms with Gasteiger partial charge in [-0.25, -0.2) is 13.8 Å². The number of hydrogen-bond donors (Lipinski definition) is 1. The lowest BCUT2D eigenvalue weighted by atomic mass is 9.84.